The van der Waals surface area contributed by atoms with Gasteiger partial charge in [0.05, 0.1) is 6.20 Å². The Balaban J connectivity index is 0.00000162. The van der Waals surface area contributed by atoms with Gasteiger partial charge in [0.25, 0.3) is 5.91 Å². The minimum Gasteiger partial charge on any atom is -0.346 e. The second-order valence-corrected chi connectivity index (χ2v) is 4.60. The highest BCUT2D eigenvalue weighted by molar-refractivity contribution is 5.92. The summed E-state index contributed by atoms with van der Waals surface area (Å²) in [6.07, 6.45) is 5.65. The topological polar surface area (TPSA) is 66.9 Å². The van der Waals surface area contributed by atoms with Crippen molar-refractivity contribution >= 4 is 30.7 Å². The number of aromatic nitrogens is 2. The van der Waals surface area contributed by atoms with Crippen LogP contribution >= 0.6 is 24.8 Å². The summed E-state index contributed by atoms with van der Waals surface area (Å²) in [5.41, 5.74) is 0.373. The van der Waals surface area contributed by atoms with Crippen molar-refractivity contribution in [2.24, 2.45) is 5.92 Å². The van der Waals surface area contributed by atoms with Crippen molar-refractivity contribution in [3.05, 3.63) is 24.3 Å². The van der Waals surface area contributed by atoms with E-state index in [1.54, 1.807) is 6.20 Å². The third kappa shape index (κ3) is 4.60. The van der Waals surface area contributed by atoms with Gasteiger partial charge >= 0.3 is 0 Å². The number of carbonyl (C=O) groups excluding carboxylic acids is 1. The van der Waals surface area contributed by atoms with Crippen LogP contribution in [0.15, 0.2) is 18.6 Å². The molecule has 0 bridgehead atoms. The SMILES string of the molecule is CC1CCNC(C)C1NC(=O)c1cnccn1.Cl.Cl. The Hall–Kier alpha value is -0.910. The molecule has 5 nitrogen and oxygen atoms in total. The maximum atomic E-state index is 12.0. The summed E-state index contributed by atoms with van der Waals surface area (Å²) in [4.78, 5) is 19.9. The largest absolute Gasteiger partial charge is 0.346 e. The van der Waals surface area contributed by atoms with Crippen molar-refractivity contribution in [2.75, 3.05) is 6.54 Å². The number of carbonyl (C=O) groups is 1. The molecule has 0 aliphatic carbocycles. The Kier molecular flexibility index (Phi) is 7.90. The van der Waals surface area contributed by atoms with E-state index in [9.17, 15) is 4.79 Å². The predicted molar refractivity (Wildman–Crippen MR) is 79.0 cm³/mol. The van der Waals surface area contributed by atoms with Crippen LogP contribution in [0.2, 0.25) is 0 Å². The molecular formula is C12H20Cl2N4O. The molecule has 3 unspecified atom stereocenters. The van der Waals surface area contributed by atoms with Crippen LogP contribution in [-0.4, -0.2) is 34.5 Å². The number of hydrogen-bond acceptors (Lipinski definition) is 4. The molecule has 1 amide bonds. The molecule has 1 saturated heterocycles. The number of nitrogens with zero attached hydrogens (tertiary/aromatic N) is 2. The quantitative estimate of drug-likeness (QED) is 0.867. The van der Waals surface area contributed by atoms with Crippen LogP contribution in [0.4, 0.5) is 0 Å². The van der Waals surface area contributed by atoms with Crippen LogP contribution in [0.25, 0.3) is 0 Å². The highest BCUT2D eigenvalue weighted by atomic mass is 35.5. The van der Waals surface area contributed by atoms with E-state index in [0.29, 0.717) is 17.7 Å². The van der Waals surface area contributed by atoms with Crippen molar-refractivity contribution in [2.45, 2.75) is 32.4 Å². The first-order valence-electron chi connectivity index (χ1n) is 5.98. The molecule has 108 valence electrons. The van der Waals surface area contributed by atoms with E-state index in [1.807, 2.05) is 0 Å². The second-order valence-electron chi connectivity index (χ2n) is 4.60. The van der Waals surface area contributed by atoms with Crippen molar-refractivity contribution in [3.63, 3.8) is 0 Å². The number of rotatable bonds is 2. The van der Waals surface area contributed by atoms with E-state index in [4.69, 9.17) is 0 Å². The monoisotopic (exact) mass is 306 g/mol. The molecule has 7 heteroatoms. The minimum absolute atomic E-state index is 0. The van der Waals surface area contributed by atoms with Gasteiger partial charge in [-0.3, -0.25) is 9.78 Å². The zero-order chi connectivity index (χ0) is 12.3. The molecule has 2 heterocycles. The lowest BCUT2D eigenvalue weighted by Crippen LogP contribution is -2.56. The summed E-state index contributed by atoms with van der Waals surface area (Å²) in [6, 6.07) is 0.442. The molecule has 1 aromatic heterocycles. The third-order valence-electron chi connectivity index (χ3n) is 3.31. The Morgan fingerprint density at radius 1 is 1.37 bits per heavy atom. The fraction of sp³-hybridized carbons (Fsp3) is 0.583. The lowest BCUT2D eigenvalue weighted by molar-refractivity contribution is 0.0892. The summed E-state index contributed by atoms with van der Waals surface area (Å²) >= 11 is 0. The van der Waals surface area contributed by atoms with E-state index in [2.05, 4.69) is 34.4 Å². The highest BCUT2D eigenvalue weighted by Gasteiger charge is 2.29. The van der Waals surface area contributed by atoms with Gasteiger partial charge in [0, 0.05) is 24.5 Å². The zero-order valence-corrected chi connectivity index (χ0v) is 12.6. The molecule has 0 aromatic carbocycles. The van der Waals surface area contributed by atoms with Crippen LogP contribution in [0.1, 0.15) is 30.8 Å². The summed E-state index contributed by atoms with van der Waals surface area (Å²) in [5.74, 6) is 0.331. The lowest BCUT2D eigenvalue weighted by atomic mass is 9.89. The van der Waals surface area contributed by atoms with Gasteiger partial charge in [-0.05, 0) is 25.8 Å². The molecule has 19 heavy (non-hydrogen) atoms. The molecule has 1 fully saturated rings. The van der Waals surface area contributed by atoms with E-state index in [-0.39, 0.29) is 36.8 Å². The van der Waals surface area contributed by atoms with Crippen molar-refractivity contribution in [1.29, 1.82) is 0 Å². The van der Waals surface area contributed by atoms with Gasteiger partial charge in [-0.1, -0.05) is 6.92 Å². The fourth-order valence-electron chi connectivity index (χ4n) is 2.25. The minimum atomic E-state index is -0.148. The van der Waals surface area contributed by atoms with Crippen LogP contribution in [-0.2, 0) is 0 Å². The van der Waals surface area contributed by atoms with Gasteiger partial charge in [0.2, 0.25) is 0 Å². The molecule has 3 atom stereocenters. The van der Waals surface area contributed by atoms with Crippen molar-refractivity contribution in [3.8, 4) is 0 Å². The molecule has 2 rings (SSSR count). The molecule has 2 N–H and O–H groups in total. The predicted octanol–water partition coefficient (Wildman–Crippen LogP) is 1.44. The molecule has 0 spiro atoms. The Bertz CT molecular complexity index is 381. The molecule has 1 aliphatic rings. The van der Waals surface area contributed by atoms with Gasteiger partial charge in [0.15, 0.2) is 0 Å². The number of piperidine rings is 1. The van der Waals surface area contributed by atoms with Gasteiger partial charge in [-0.15, -0.1) is 24.8 Å². The molecule has 0 radical (unpaired) electrons. The Morgan fingerprint density at radius 3 is 2.68 bits per heavy atom. The average Bonchev–Trinajstić information content (AvgIpc) is 2.35. The first-order valence-corrected chi connectivity index (χ1v) is 5.98. The van der Waals surface area contributed by atoms with Crippen LogP contribution in [0.5, 0.6) is 0 Å². The number of amides is 1. The van der Waals surface area contributed by atoms with Gasteiger partial charge < -0.3 is 10.6 Å². The maximum absolute atomic E-state index is 12.0. The average molecular weight is 307 g/mol. The molecule has 1 aliphatic heterocycles. The third-order valence-corrected chi connectivity index (χ3v) is 3.31. The van der Waals surface area contributed by atoms with Gasteiger partial charge in [-0.25, -0.2) is 4.98 Å². The Labute approximate surface area is 125 Å². The van der Waals surface area contributed by atoms with E-state index < -0.39 is 0 Å². The molecule has 0 saturated carbocycles. The van der Waals surface area contributed by atoms with Gasteiger partial charge in [-0.2, -0.15) is 0 Å². The summed E-state index contributed by atoms with van der Waals surface area (Å²) in [5, 5.41) is 6.40. The lowest BCUT2D eigenvalue weighted by Gasteiger charge is -2.35. The van der Waals surface area contributed by atoms with Crippen molar-refractivity contribution in [1.82, 2.24) is 20.6 Å². The zero-order valence-electron chi connectivity index (χ0n) is 11.0. The highest BCUT2D eigenvalue weighted by Crippen LogP contribution is 2.16. The van der Waals surface area contributed by atoms with Crippen molar-refractivity contribution < 1.29 is 4.79 Å². The second kappa shape index (κ2) is 8.30. The maximum Gasteiger partial charge on any atom is 0.271 e. The van der Waals surface area contributed by atoms with E-state index in [0.717, 1.165) is 13.0 Å². The summed E-state index contributed by atoms with van der Waals surface area (Å²) < 4.78 is 0. The van der Waals surface area contributed by atoms with Gasteiger partial charge in [0.1, 0.15) is 5.69 Å². The van der Waals surface area contributed by atoms with Crippen LogP contribution < -0.4 is 10.6 Å². The number of halogens is 2. The standard InChI is InChI=1S/C12H18N4O.2ClH/c1-8-3-4-14-9(2)11(8)16-12(17)10-7-13-5-6-15-10;;/h5-9,11,14H,3-4H2,1-2H3,(H,16,17);2*1H. The van der Waals surface area contributed by atoms with E-state index in [1.165, 1.54) is 12.4 Å². The fourth-order valence-corrected chi connectivity index (χ4v) is 2.25. The summed E-state index contributed by atoms with van der Waals surface area (Å²) in [7, 11) is 0. The van der Waals surface area contributed by atoms with E-state index >= 15 is 0 Å². The number of hydrogen-bond donors (Lipinski definition) is 2. The van der Waals surface area contributed by atoms with Crippen LogP contribution in [0, 0.1) is 5.92 Å². The summed E-state index contributed by atoms with van der Waals surface area (Å²) in [6.45, 7) is 5.27. The normalized spacial score (nSPS) is 25.7. The first-order chi connectivity index (χ1) is 8.18. The Morgan fingerprint density at radius 2 is 2.11 bits per heavy atom. The first kappa shape index (κ1) is 18.1. The number of nitrogens with one attached hydrogen (secondary N) is 2. The van der Waals surface area contributed by atoms with Crippen LogP contribution in [0.3, 0.4) is 0 Å². The molecular weight excluding hydrogens is 287 g/mol. The molecule has 1 aromatic rings. The smallest absolute Gasteiger partial charge is 0.271 e.